The third-order valence-electron chi connectivity index (χ3n) is 2.57. The fourth-order valence-electron chi connectivity index (χ4n) is 1.71. The molecule has 0 atom stereocenters. The zero-order valence-electron chi connectivity index (χ0n) is 9.06. The maximum Gasteiger partial charge on any atom is 0.237 e. The van der Waals surface area contributed by atoms with Crippen LogP contribution >= 0.6 is 11.3 Å². The highest BCUT2D eigenvalue weighted by Crippen LogP contribution is 2.20. The van der Waals surface area contributed by atoms with Crippen LogP contribution in [0, 0.1) is 6.92 Å². The number of piperidine rings is 1. The van der Waals surface area contributed by atoms with E-state index in [0.717, 1.165) is 18.8 Å². The second-order valence-electron chi connectivity index (χ2n) is 3.89. The van der Waals surface area contributed by atoms with E-state index in [1.54, 1.807) is 0 Å². The van der Waals surface area contributed by atoms with E-state index in [2.05, 4.69) is 15.0 Å². The van der Waals surface area contributed by atoms with E-state index in [9.17, 15) is 8.42 Å². The second kappa shape index (κ2) is 4.68. The van der Waals surface area contributed by atoms with Gasteiger partial charge in [0.25, 0.3) is 0 Å². The van der Waals surface area contributed by atoms with Gasteiger partial charge in [0.15, 0.2) is 5.13 Å². The Bertz CT molecular complexity index is 449. The lowest BCUT2D eigenvalue weighted by atomic mass is 10.2. The van der Waals surface area contributed by atoms with Crippen LogP contribution in [0.2, 0.25) is 0 Å². The molecule has 5 nitrogen and oxygen atoms in total. The van der Waals surface area contributed by atoms with Crippen LogP contribution in [-0.4, -0.2) is 31.7 Å². The van der Waals surface area contributed by atoms with Crippen LogP contribution < -0.4 is 10.0 Å². The molecule has 0 bridgehead atoms. The minimum atomic E-state index is -3.27. The van der Waals surface area contributed by atoms with Gasteiger partial charge in [0.2, 0.25) is 10.0 Å². The van der Waals surface area contributed by atoms with Gasteiger partial charge in [-0.05, 0) is 32.9 Å². The summed E-state index contributed by atoms with van der Waals surface area (Å²) in [6.45, 7) is 3.38. The van der Waals surface area contributed by atoms with Gasteiger partial charge < -0.3 is 5.32 Å². The maximum atomic E-state index is 12.0. The number of aryl methyl sites for hydroxylation is 1. The second-order valence-corrected chi connectivity index (χ2v) is 6.71. The summed E-state index contributed by atoms with van der Waals surface area (Å²) in [4.78, 5) is 4.10. The molecule has 0 radical (unpaired) electrons. The molecule has 0 spiro atoms. The third kappa shape index (κ3) is 2.72. The molecule has 0 saturated carbocycles. The average Bonchev–Trinajstić information content (AvgIpc) is 2.64. The van der Waals surface area contributed by atoms with Gasteiger partial charge in [0.05, 0.1) is 10.9 Å². The number of rotatable bonds is 3. The summed E-state index contributed by atoms with van der Waals surface area (Å²) in [6.07, 6.45) is 1.33. The maximum absolute atomic E-state index is 12.0. The molecule has 1 aromatic heterocycles. The molecule has 1 aliphatic heterocycles. The highest BCUT2D eigenvalue weighted by Gasteiger charge is 2.27. The highest BCUT2D eigenvalue weighted by molar-refractivity contribution is 7.93. The number of hydrogen-bond acceptors (Lipinski definition) is 5. The number of anilines is 1. The Balaban J connectivity index is 2.07. The zero-order chi connectivity index (χ0) is 11.6. The van der Waals surface area contributed by atoms with E-state index in [1.165, 1.54) is 11.3 Å². The molecule has 0 aliphatic carbocycles. The molecule has 1 aromatic rings. The van der Waals surface area contributed by atoms with Gasteiger partial charge in [-0.3, -0.25) is 4.72 Å². The van der Waals surface area contributed by atoms with Gasteiger partial charge in [-0.15, -0.1) is 11.3 Å². The Morgan fingerprint density at radius 1 is 1.50 bits per heavy atom. The standard InChI is InChI=1S/C9H15N3O2S2/c1-7-6-15-9(11-7)12-16(13,14)8-2-4-10-5-3-8/h6,8,10H,2-5H2,1H3,(H,11,12). The first-order valence-corrected chi connectivity index (χ1v) is 7.65. The third-order valence-corrected chi connectivity index (χ3v) is 5.41. The largest absolute Gasteiger partial charge is 0.317 e. The van der Waals surface area contributed by atoms with Crippen molar-refractivity contribution in [1.29, 1.82) is 0 Å². The number of aromatic nitrogens is 1. The Kier molecular flexibility index (Phi) is 3.46. The quantitative estimate of drug-likeness (QED) is 0.849. The summed E-state index contributed by atoms with van der Waals surface area (Å²) in [6, 6.07) is 0. The number of thiazole rings is 1. The van der Waals surface area contributed by atoms with Gasteiger partial charge in [-0.2, -0.15) is 0 Å². The number of nitrogens with one attached hydrogen (secondary N) is 2. The molecule has 2 heterocycles. The molecule has 7 heteroatoms. The molecule has 2 N–H and O–H groups in total. The lowest BCUT2D eigenvalue weighted by Crippen LogP contribution is -2.38. The van der Waals surface area contributed by atoms with Gasteiger partial charge in [-0.25, -0.2) is 13.4 Å². The van der Waals surface area contributed by atoms with E-state index >= 15 is 0 Å². The topological polar surface area (TPSA) is 71.1 Å². The molecule has 0 unspecified atom stereocenters. The minimum absolute atomic E-state index is 0.294. The Morgan fingerprint density at radius 3 is 2.75 bits per heavy atom. The van der Waals surface area contributed by atoms with Crippen molar-refractivity contribution in [1.82, 2.24) is 10.3 Å². The lowest BCUT2D eigenvalue weighted by molar-refractivity contribution is 0.499. The Morgan fingerprint density at radius 2 is 2.19 bits per heavy atom. The molecule has 1 aliphatic rings. The summed E-state index contributed by atoms with van der Waals surface area (Å²) in [5, 5.41) is 5.16. The summed E-state index contributed by atoms with van der Waals surface area (Å²) < 4.78 is 26.5. The van der Waals surface area contributed by atoms with Crippen LogP contribution in [0.25, 0.3) is 0 Å². The lowest BCUT2D eigenvalue weighted by Gasteiger charge is -2.22. The first-order chi connectivity index (χ1) is 7.58. The van der Waals surface area contributed by atoms with Crippen LogP contribution in [0.15, 0.2) is 5.38 Å². The van der Waals surface area contributed by atoms with Gasteiger partial charge >= 0.3 is 0 Å². The molecule has 16 heavy (non-hydrogen) atoms. The van der Waals surface area contributed by atoms with Crippen molar-refractivity contribution in [3.05, 3.63) is 11.1 Å². The van der Waals surface area contributed by atoms with Crippen molar-refractivity contribution in [3.8, 4) is 0 Å². The van der Waals surface area contributed by atoms with Crippen molar-refractivity contribution in [2.24, 2.45) is 0 Å². The van der Waals surface area contributed by atoms with E-state index in [1.807, 2.05) is 12.3 Å². The van der Waals surface area contributed by atoms with Crippen LogP contribution in [0.5, 0.6) is 0 Å². The van der Waals surface area contributed by atoms with Crippen molar-refractivity contribution in [3.63, 3.8) is 0 Å². The molecular weight excluding hydrogens is 246 g/mol. The fraction of sp³-hybridized carbons (Fsp3) is 0.667. The van der Waals surface area contributed by atoms with Gasteiger partial charge in [0.1, 0.15) is 0 Å². The molecule has 1 fully saturated rings. The normalized spacial score (nSPS) is 18.6. The van der Waals surface area contributed by atoms with Crippen LogP contribution in [0.3, 0.4) is 0 Å². The number of hydrogen-bond donors (Lipinski definition) is 2. The van der Waals surface area contributed by atoms with Crippen LogP contribution in [-0.2, 0) is 10.0 Å². The summed E-state index contributed by atoms with van der Waals surface area (Å²) in [7, 11) is -3.27. The Labute approximate surface area is 99.3 Å². The van der Waals surface area contributed by atoms with Gasteiger partial charge in [-0.1, -0.05) is 0 Å². The first kappa shape index (κ1) is 11.8. The Hall–Kier alpha value is -0.660. The molecule has 0 aromatic carbocycles. The first-order valence-electron chi connectivity index (χ1n) is 5.22. The van der Waals surface area contributed by atoms with Crippen molar-refractivity contribution < 1.29 is 8.42 Å². The van der Waals surface area contributed by atoms with Crippen molar-refractivity contribution >= 4 is 26.5 Å². The van der Waals surface area contributed by atoms with Gasteiger partial charge in [0, 0.05) is 5.38 Å². The van der Waals surface area contributed by atoms with E-state index < -0.39 is 10.0 Å². The molecule has 2 rings (SSSR count). The molecular formula is C9H15N3O2S2. The minimum Gasteiger partial charge on any atom is -0.317 e. The SMILES string of the molecule is Cc1csc(NS(=O)(=O)C2CCNCC2)n1. The molecule has 90 valence electrons. The van der Waals surface area contributed by atoms with Crippen LogP contribution in [0.1, 0.15) is 18.5 Å². The monoisotopic (exact) mass is 261 g/mol. The average molecular weight is 261 g/mol. The predicted molar refractivity (Wildman–Crippen MR) is 65.3 cm³/mol. The molecule has 0 amide bonds. The smallest absolute Gasteiger partial charge is 0.237 e. The van der Waals surface area contributed by atoms with Crippen molar-refractivity contribution in [2.45, 2.75) is 25.0 Å². The zero-order valence-corrected chi connectivity index (χ0v) is 10.7. The molecule has 1 saturated heterocycles. The summed E-state index contributed by atoms with van der Waals surface area (Å²) >= 11 is 1.32. The highest BCUT2D eigenvalue weighted by atomic mass is 32.2. The number of sulfonamides is 1. The van der Waals surface area contributed by atoms with Crippen molar-refractivity contribution in [2.75, 3.05) is 17.8 Å². The predicted octanol–water partition coefficient (Wildman–Crippen LogP) is 0.945. The fourth-order valence-corrected chi connectivity index (χ4v) is 4.10. The van der Waals surface area contributed by atoms with E-state index in [-0.39, 0.29) is 5.25 Å². The van der Waals surface area contributed by atoms with E-state index in [0.29, 0.717) is 18.0 Å². The summed E-state index contributed by atoms with van der Waals surface area (Å²) in [5.74, 6) is 0. The van der Waals surface area contributed by atoms with E-state index in [4.69, 9.17) is 0 Å². The number of nitrogens with zero attached hydrogens (tertiary/aromatic N) is 1. The summed E-state index contributed by atoms with van der Waals surface area (Å²) in [5.41, 5.74) is 0.841. The van der Waals surface area contributed by atoms with Crippen LogP contribution in [0.4, 0.5) is 5.13 Å².